The van der Waals surface area contributed by atoms with Gasteiger partial charge in [0.25, 0.3) is 11.6 Å². The molecule has 1 heterocycles. The Balaban J connectivity index is 2.29. The van der Waals surface area contributed by atoms with Crippen LogP contribution in [0.5, 0.6) is 0 Å². The van der Waals surface area contributed by atoms with Crippen molar-refractivity contribution in [3.8, 4) is 0 Å². The van der Waals surface area contributed by atoms with E-state index in [0.29, 0.717) is 19.4 Å². The molecule has 0 aromatic heterocycles. The Morgan fingerprint density at radius 2 is 2.25 bits per heavy atom. The van der Waals surface area contributed by atoms with E-state index in [1.165, 1.54) is 4.90 Å². The molecule has 0 saturated carbocycles. The van der Waals surface area contributed by atoms with E-state index in [1.807, 2.05) is 6.92 Å². The van der Waals surface area contributed by atoms with E-state index >= 15 is 0 Å². The molecule has 0 radical (unpaired) electrons. The van der Waals surface area contributed by atoms with Crippen molar-refractivity contribution in [1.82, 2.24) is 4.90 Å². The number of carbonyl (C=O) groups is 1. The van der Waals surface area contributed by atoms with Crippen LogP contribution in [0, 0.1) is 15.9 Å². The fourth-order valence-electron chi connectivity index (χ4n) is 2.46. The van der Waals surface area contributed by atoms with Gasteiger partial charge in [0.05, 0.1) is 10.5 Å². The van der Waals surface area contributed by atoms with Gasteiger partial charge < -0.3 is 10.6 Å². The SMILES string of the molecule is CC1CC(N)CCN1C(=O)c1cc([N+](=O)[O-])ccc1F. The van der Waals surface area contributed by atoms with Crippen molar-refractivity contribution in [1.29, 1.82) is 0 Å². The molecule has 2 rings (SSSR count). The molecule has 1 saturated heterocycles. The lowest BCUT2D eigenvalue weighted by molar-refractivity contribution is -0.384. The van der Waals surface area contributed by atoms with Crippen LogP contribution in [0.2, 0.25) is 0 Å². The lowest BCUT2D eigenvalue weighted by atomic mass is 9.98. The van der Waals surface area contributed by atoms with Crippen LogP contribution in [0.1, 0.15) is 30.1 Å². The summed E-state index contributed by atoms with van der Waals surface area (Å²) < 4.78 is 13.7. The first-order valence-electron chi connectivity index (χ1n) is 6.40. The first-order chi connectivity index (χ1) is 9.40. The van der Waals surface area contributed by atoms with Crippen LogP contribution in [0.4, 0.5) is 10.1 Å². The van der Waals surface area contributed by atoms with E-state index in [-0.39, 0.29) is 23.3 Å². The zero-order valence-corrected chi connectivity index (χ0v) is 11.1. The third-order valence-electron chi connectivity index (χ3n) is 3.57. The lowest BCUT2D eigenvalue weighted by Gasteiger charge is -2.36. The highest BCUT2D eigenvalue weighted by atomic mass is 19.1. The molecule has 108 valence electrons. The quantitative estimate of drug-likeness (QED) is 0.659. The number of hydrogen-bond donors (Lipinski definition) is 1. The molecule has 20 heavy (non-hydrogen) atoms. The molecule has 2 unspecified atom stereocenters. The third kappa shape index (κ3) is 2.77. The summed E-state index contributed by atoms with van der Waals surface area (Å²) in [7, 11) is 0. The molecule has 2 atom stereocenters. The molecule has 1 fully saturated rings. The Bertz CT molecular complexity index is 550. The molecule has 0 bridgehead atoms. The Kier molecular flexibility index (Phi) is 3.99. The maximum Gasteiger partial charge on any atom is 0.270 e. The van der Waals surface area contributed by atoms with Crippen LogP contribution in [0.15, 0.2) is 18.2 Å². The number of hydrogen-bond acceptors (Lipinski definition) is 4. The largest absolute Gasteiger partial charge is 0.336 e. The molecule has 7 heteroatoms. The number of nitro groups is 1. The highest BCUT2D eigenvalue weighted by molar-refractivity contribution is 5.95. The summed E-state index contributed by atoms with van der Waals surface area (Å²) in [6.45, 7) is 2.27. The summed E-state index contributed by atoms with van der Waals surface area (Å²) in [4.78, 5) is 23.9. The van der Waals surface area contributed by atoms with Gasteiger partial charge in [0.1, 0.15) is 5.82 Å². The van der Waals surface area contributed by atoms with E-state index in [2.05, 4.69) is 0 Å². The average Bonchev–Trinajstić information content (AvgIpc) is 2.38. The third-order valence-corrected chi connectivity index (χ3v) is 3.57. The second kappa shape index (κ2) is 5.54. The number of nitrogens with zero attached hydrogens (tertiary/aromatic N) is 2. The van der Waals surface area contributed by atoms with Gasteiger partial charge in [-0.3, -0.25) is 14.9 Å². The zero-order valence-electron chi connectivity index (χ0n) is 11.1. The number of likely N-dealkylation sites (tertiary alicyclic amines) is 1. The van der Waals surface area contributed by atoms with Crippen LogP contribution < -0.4 is 5.73 Å². The van der Waals surface area contributed by atoms with Gasteiger partial charge in [-0.05, 0) is 25.8 Å². The Labute approximate surface area is 115 Å². The van der Waals surface area contributed by atoms with Crippen LogP contribution in [0.3, 0.4) is 0 Å². The minimum Gasteiger partial charge on any atom is -0.336 e. The molecule has 0 aliphatic carbocycles. The number of non-ortho nitro benzene ring substituents is 1. The van der Waals surface area contributed by atoms with Crippen molar-refractivity contribution in [2.24, 2.45) is 5.73 Å². The van der Waals surface area contributed by atoms with E-state index in [4.69, 9.17) is 5.73 Å². The van der Waals surface area contributed by atoms with E-state index < -0.39 is 16.6 Å². The lowest BCUT2D eigenvalue weighted by Crippen LogP contribution is -2.48. The number of amides is 1. The monoisotopic (exact) mass is 281 g/mol. The summed E-state index contributed by atoms with van der Waals surface area (Å²) >= 11 is 0. The minimum atomic E-state index is -0.748. The Morgan fingerprint density at radius 3 is 2.85 bits per heavy atom. The summed E-state index contributed by atoms with van der Waals surface area (Å²) in [5.74, 6) is -1.27. The second-order valence-electron chi connectivity index (χ2n) is 5.05. The van der Waals surface area contributed by atoms with Crippen molar-refractivity contribution < 1.29 is 14.1 Å². The predicted octanol–water partition coefficient (Wildman–Crippen LogP) is 1.69. The fourth-order valence-corrected chi connectivity index (χ4v) is 2.46. The van der Waals surface area contributed by atoms with Crippen molar-refractivity contribution in [2.75, 3.05) is 6.54 Å². The maximum atomic E-state index is 13.7. The maximum absolute atomic E-state index is 13.7. The first-order valence-corrected chi connectivity index (χ1v) is 6.40. The van der Waals surface area contributed by atoms with Gasteiger partial charge in [-0.15, -0.1) is 0 Å². The predicted molar refractivity (Wildman–Crippen MR) is 70.8 cm³/mol. The average molecular weight is 281 g/mol. The van der Waals surface area contributed by atoms with Gasteiger partial charge in [0, 0.05) is 30.8 Å². The van der Waals surface area contributed by atoms with Crippen molar-refractivity contribution in [3.05, 3.63) is 39.7 Å². The zero-order chi connectivity index (χ0) is 14.9. The fraction of sp³-hybridized carbons (Fsp3) is 0.462. The number of rotatable bonds is 2. The topological polar surface area (TPSA) is 89.5 Å². The van der Waals surface area contributed by atoms with Gasteiger partial charge in [-0.25, -0.2) is 4.39 Å². The summed E-state index contributed by atoms with van der Waals surface area (Å²) in [5, 5.41) is 10.7. The number of nitro benzene ring substituents is 1. The van der Waals surface area contributed by atoms with Gasteiger partial charge >= 0.3 is 0 Å². The number of carbonyl (C=O) groups excluding carboxylic acids is 1. The highest BCUT2D eigenvalue weighted by Gasteiger charge is 2.29. The molecule has 6 nitrogen and oxygen atoms in total. The van der Waals surface area contributed by atoms with Crippen LogP contribution in [-0.4, -0.2) is 34.4 Å². The molecule has 1 aromatic rings. The summed E-state index contributed by atoms with van der Waals surface area (Å²) in [6.07, 6.45) is 1.29. The van der Waals surface area contributed by atoms with Crippen molar-refractivity contribution in [2.45, 2.75) is 31.8 Å². The molecule has 1 aliphatic rings. The van der Waals surface area contributed by atoms with Gasteiger partial charge in [-0.1, -0.05) is 0 Å². The van der Waals surface area contributed by atoms with E-state index in [0.717, 1.165) is 18.2 Å². The van der Waals surface area contributed by atoms with E-state index in [1.54, 1.807) is 0 Å². The molecule has 0 spiro atoms. The first kappa shape index (κ1) is 14.4. The molecule has 1 aromatic carbocycles. The van der Waals surface area contributed by atoms with Crippen molar-refractivity contribution >= 4 is 11.6 Å². The molecule has 1 amide bonds. The molecule has 1 aliphatic heterocycles. The smallest absolute Gasteiger partial charge is 0.270 e. The van der Waals surface area contributed by atoms with E-state index in [9.17, 15) is 19.3 Å². The standard InChI is InChI=1S/C13H16FN3O3/c1-8-6-9(15)4-5-16(8)13(18)11-7-10(17(19)20)2-3-12(11)14/h2-3,7-9H,4-6,15H2,1H3. The summed E-state index contributed by atoms with van der Waals surface area (Å²) in [6, 6.07) is 2.90. The van der Waals surface area contributed by atoms with Gasteiger partial charge in [0.2, 0.25) is 0 Å². The van der Waals surface area contributed by atoms with Crippen LogP contribution in [-0.2, 0) is 0 Å². The Hall–Kier alpha value is -2.02. The second-order valence-corrected chi connectivity index (χ2v) is 5.05. The summed E-state index contributed by atoms with van der Waals surface area (Å²) in [5.41, 5.74) is 5.26. The highest BCUT2D eigenvalue weighted by Crippen LogP contribution is 2.23. The molecular weight excluding hydrogens is 265 g/mol. The number of halogens is 1. The van der Waals surface area contributed by atoms with Gasteiger partial charge in [-0.2, -0.15) is 0 Å². The molecular formula is C13H16FN3O3. The number of benzene rings is 1. The number of piperidine rings is 1. The van der Waals surface area contributed by atoms with Crippen molar-refractivity contribution in [3.63, 3.8) is 0 Å². The molecule has 2 N–H and O–H groups in total. The Morgan fingerprint density at radius 1 is 1.55 bits per heavy atom. The minimum absolute atomic E-state index is 0.0315. The normalized spacial score (nSPS) is 22.6. The van der Waals surface area contributed by atoms with Crippen LogP contribution in [0.25, 0.3) is 0 Å². The number of nitrogens with two attached hydrogens (primary N) is 1. The van der Waals surface area contributed by atoms with Gasteiger partial charge in [0.15, 0.2) is 0 Å². The van der Waals surface area contributed by atoms with Crippen LogP contribution >= 0.6 is 0 Å².